The zero-order valence-corrected chi connectivity index (χ0v) is 10.2. The van der Waals surface area contributed by atoms with Gasteiger partial charge in [0.15, 0.2) is 0 Å². The van der Waals surface area contributed by atoms with Crippen molar-refractivity contribution in [1.29, 1.82) is 0 Å². The predicted octanol–water partition coefficient (Wildman–Crippen LogP) is 2.43. The van der Waals surface area contributed by atoms with Gasteiger partial charge in [0.25, 0.3) is 0 Å². The summed E-state index contributed by atoms with van der Waals surface area (Å²) in [5.74, 6) is 0.402. The molecule has 94 valence electrons. The first-order chi connectivity index (χ1) is 8.15. The average Bonchev–Trinajstić information content (AvgIpc) is 2.23. The summed E-state index contributed by atoms with van der Waals surface area (Å²) in [5.41, 5.74) is 1.24. The number of benzene rings is 1. The highest BCUT2D eigenvalue weighted by Crippen LogP contribution is 2.36. The lowest BCUT2D eigenvalue weighted by Crippen LogP contribution is -2.41. The zero-order valence-electron chi connectivity index (χ0n) is 10.2. The van der Waals surface area contributed by atoms with Crippen LogP contribution in [0.3, 0.4) is 0 Å². The van der Waals surface area contributed by atoms with Gasteiger partial charge >= 0.3 is 0 Å². The van der Waals surface area contributed by atoms with Gasteiger partial charge in [0.1, 0.15) is 5.82 Å². The molecule has 2 rings (SSSR count). The molecule has 0 spiro atoms. The van der Waals surface area contributed by atoms with Crippen LogP contribution in [0.2, 0.25) is 0 Å². The summed E-state index contributed by atoms with van der Waals surface area (Å²) in [6.45, 7) is 2.68. The molecule has 1 aliphatic rings. The van der Waals surface area contributed by atoms with Gasteiger partial charge in [-0.3, -0.25) is 0 Å². The summed E-state index contributed by atoms with van der Waals surface area (Å²) < 4.78 is 12.8. The highest BCUT2D eigenvalue weighted by molar-refractivity contribution is 5.23. The third-order valence-corrected chi connectivity index (χ3v) is 3.47. The van der Waals surface area contributed by atoms with E-state index in [1.165, 1.54) is 17.7 Å². The quantitative estimate of drug-likeness (QED) is 0.824. The molecule has 3 heteroatoms. The van der Waals surface area contributed by atoms with Gasteiger partial charge in [-0.1, -0.05) is 12.1 Å². The molecular weight excluding hydrogens is 217 g/mol. The first-order valence-electron chi connectivity index (χ1n) is 6.32. The van der Waals surface area contributed by atoms with Crippen LogP contribution in [-0.4, -0.2) is 23.8 Å². The molecule has 1 fully saturated rings. The lowest BCUT2D eigenvalue weighted by molar-refractivity contribution is 0.177. The Morgan fingerprint density at radius 3 is 2.59 bits per heavy atom. The number of nitrogens with one attached hydrogen (secondary N) is 1. The molecule has 0 aliphatic heterocycles. The first-order valence-corrected chi connectivity index (χ1v) is 6.32. The number of hydrogen-bond donors (Lipinski definition) is 2. The van der Waals surface area contributed by atoms with Crippen molar-refractivity contribution >= 4 is 0 Å². The minimum atomic E-state index is -0.226. The largest absolute Gasteiger partial charge is 0.393 e. The van der Waals surface area contributed by atoms with Gasteiger partial charge in [-0.15, -0.1) is 0 Å². The number of aliphatic hydroxyl groups excluding tert-OH is 1. The van der Waals surface area contributed by atoms with Crippen LogP contribution < -0.4 is 5.32 Å². The van der Waals surface area contributed by atoms with E-state index in [1.54, 1.807) is 0 Å². The molecular formula is C14H20FNO. The molecule has 0 radical (unpaired) electrons. The lowest BCUT2D eigenvalue weighted by atomic mass is 9.76. The van der Waals surface area contributed by atoms with E-state index in [0.29, 0.717) is 12.0 Å². The summed E-state index contributed by atoms with van der Waals surface area (Å²) in [5, 5.41) is 12.6. The summed E-state index contributed by atoms with van der Waals surface area (Å²) in [7, 11) is 0. The monoisotopic (exact) mass is 237 g/mol. The van der Waals surface area contributed by atoms with Crippen molar-refractivity contribution in [3.8, 4) is 0 Å². The van der Waals surface area contributed by atoms with E-state index in [1.807, 2.05) is 19.1 Å². The Hall–Kier alpha value is -0.930. The van der Waals surface area contributed by atoms with E-state index >= 15 is 0 Å². The zero-order chi connectivity index (χ0) is 12.3. The molecule has 0 aromatic heterocycles. The van der Waals surface area contributed by atoms with E-state index in [9.17, 15) is 4.39 Å². The fraction of sp³-hybridized carbons (Fsp3) is 0.571. The molecule has 0 amide bonds. The van der Waals surface area contributed by atoms with Crippen LogP contribution in [0.4, 0.5) is 4.39 Å². The Morgan fingerprint density at radius 1 is 1.35 bits per heavy atom. The molecule has 1 unspecified atom stereocenters. The van der Waals surface area contributed by atoms with Crippen LogP contribution in [-0.2, 0) is 0 Å². The SMILES string of the molecule is CC(O)CCNC1CC(c2ccc(F)cc2)C1. The van der Waals surface area contributed by atoms with Crippen molar-refractivity contribution in [1.82, 2.24) is 5.32 Å². The maximum absolute atomic E-state index is 12.8. The second-order valence-electron chi connectivity index (χ2n) is 5.01. The smallest absolute Gasteiger partial charge is 0.123 e. The van der Waals surface area contributed by atoms with E-state index in [2.05, 4.69) is 5.32 Å². The third kappa shape index (κ3) is 3.51. The van der Waals surface area contributed by atoms with Crippen molar-refractivity contribution in [2.75, 3.05) is 6.54 Å². The van der Waals surface area contributed by atoms with Crippen molar-refractivity contribution in [2.45, 2.75) is 44.2 Å². The van der Waals surface area contributed by atoms with Crippen LogP contribution in [0.1, 0.15) is 37.7 Å². The van der Waals surface area contributed by atoms with E-state index < -0.39 is 0 Å². The second kappa shape index (κ2) is 5.61. The van der Waals surface area contributed by atoms with Gasteiger partial charge in [0.05, 0.1) is 6.10 Å². The molecule has 1 aromatic carbocycles. The fourth-order valence-corrected chi connectivity index (χ4v) is 2.29. The van der Waals surface area contributed by atoms with E-state index in [4.69, 9.17) is 5.11 Å². The van der Waals surface area contributed by atoms with Crippen molar-refractivity contribution in [3.05, 3.63) is 35.6 Å². The molecule has 1 saturated carbocycles. The molecule has 2 N–H and O–H groups in total. The van der Waals surface area contributed by atoms with Gasteiger partial charge in [0.2, 0.25) is 0 Å². The van der Waals surface area contributed by atoms with Gasteiger partial charge < -0.3 is 10.4 Å². The molecule has 17 heavy (non-hydrogen) atoms. The molecule has 0 saturated heterocycles. The molecule has 1 aromatic rings. The van der Waals surface area contributed by atoms with Crippen LogP contribution in [0.15, 0.2) is 24.3 Å². The van der Waals surface area contributed by atoms with Crippen LogP contribution in [0.25, 0.3) is 0 Å². The maximum atomic E-state index is 12.8. The molecule has 1 atom stereocenters. The van der Waals surface area contributed by atoms with Crippen LogP contribution in [0.5, 0.6) is 0 Å². The average molecular weight is 237 g/mol. The van der Waals surface area contributed by atoms with E-state index in [-0.39, 0.29) is 11.9 Å². The third-order valence-electron chi connectivity index (χ3n) is 3.47. The molecule has 2 nitrogen and oxygen atoms in total. The highest BCUT2D eigenvalue weighted by Gasteiger charge is 2.29. The molecule has 1 aliphatic carbocycles. The van der Waals surface area contributed by atoms with Crippen molar-refractivity contribution in [2.24, 2.45) is 0 Å². The number of halogens is 1. The Bertz CT molecular complexity index is 344. The summed E-state index contributed by atoms with van der Waals surface area (Å²) in [4.78, 5) is 0. The Morgan fingerprint density at radius 2 is 2.00 bits per heavy atom. The Kier molecular flexibility index (Phi) is 4.13. The maximum Gasteiger partial charge on any atom is 0.123 e. The molecule has 0 heterocycles. The number of aliphatic hydroxyl groups is 1. The normalized spacial score (nSPS) is 25.4. The van der Waals surface area contributed by atoms with Crippen LogP contribution >= 0.6 is 0 Å². The number of hydrogen-bond acceptors (Lipinski definition) is 2. The lowest BCUT2D eigenvalue weighted by Gasteiger charge is -2.36. The Balaban J connectivity index is 1.70. The van der Waals surface area contributed by atoms with Gasteiger partial charge in [-0.25, -0.2) is 4.39 Å². The second-order valence-corrected chi connectivity index (χ2v) is 5.01. The van der Waals surface area contributed by atoms with Crippen molar-refractivity contribution in [3.63, 3.8) is 0 Å². The van der Waals surface area contributed by atoms with E-state index in [0.717, 1.165) is 25.8 Å². The van der Waals surface area contributed by atoms with Crippen molar-refractivity contribution < 1.29 is 9.50 Å². The van der Waals surface area contributed by atoms with Gasteiger partial charge in [-0.2, -0.15) is 0 Å². The fourth-order valence-electron chi connectivity index (χ4n) is 2.29. The minimum absolute atomic E-state index is 0.167. The summed E-state index contributed by atoms with van der Waals surface area (Å²) in [6, 6.07) is 7.38. The molecule has 0 bridgehead atoms. The summed E-state index contributed by atoms with van der Waals surface area (Å²) in [6.07, 6.45) is 2.81. The minimum Gasteiger partial charge on any atom is -0.393 e. The Labute approximate surface area is 102 Å². The standard InChI is InChI=1S/C14H20FNO/c1-10(17)6-7-16-14-8-12(9-14)11-2-4-13(15)5-3-11/h2-5,10,12,14,16-17H,6-9H2,1H3. The first kappa shape index (κ1) is 12.5. The predicted molar refractivity (Wildman–Crippen MR) is 66.5 cm³/mol. The topological polar surface area (TPSA) is 32.3 Å². The number of rotatable bonds is 5. The van der Waals surface area contributed by atoms with Gasteiger partial charge in [0, 0.05) is 6.04 Å². The summed E-state index contributed by atoms with van der Waals surface area (Å²) >= 11 is 0. The van der Waals surface area contributed by atoms with Crippen LogP contribution in [0, 0.1) is 5.82 Å². The van der Waals surface area contributed by atoms with Gasteiger partial charge in [-0.05, 0) is 56.3 Å². The highest BCUT2D eigenvalue weighted by atomic mass is 19.1.